The number of anilines is 1. The van der Waals surface area contributed by atoms with E-state index in [2.05, 4.69) is 20.9 Å². The maximum Gasteiger partial charge on any atom is 0.325 e. The second kappa shape index (κ2) is 7.12. The van der Waals surface area contributed by atoms with E-state index in [0.717, 1.165) is 12.8 Å². The number of carboxylic acid groups (broad SMARTS) is 1. The summed E-state index contributed by atoms with van der Waals surface area (Å²) in [6.07, 6.45) is 3.33. The van der Waals surface area contributed by atoms with Crippen molar-refractivity contribution in [2.45, 2.75) is 25.9 Å². The van der Waals surface area contributed by atoms with E-state index in [1.54, 1.807) is 24.3 Å². The highest BCUT2D eigenvalue weighted by Gasteiger charge is 2.29. The molecule has 25 heavy (non-hydrogen) atoms. The number of carbonyl (C=O) groups excluding carboxylic acids is 2. The third-order valence-electron chi connectivity index (χ3n) is 3.68. The SMILES string of the molecule is O=C(O)Cn1cc(CNC(=O)c2ccc(NC(=O)C3CC3)cc2)nn1. The first-order valence-electron chi connectivity index (χ1n) is 7.81. The Morgan fingerprint density at radius 1 is 1.20 bits per heavy atom. The van der Waals surface area contributed by atoms with Gasteiger partial charge in [-0.2, -0.15) is 0 Å². The first kappa shape index (κ1) is 16.6. The predicted octanol–water partition coefficient (Wildman–Crippen LogP) is 0.641. The number of rotatable bonds is 7. The van der Waals surface area contributed by atoms with Crippen LogP contribution in [0.2, 0.25) is 0 Å². The minimum atomic E-state index is -1.02. The summed E-state index contributed by atoms with van der Waals surface area (Å²) in [6, 6.07) is 6.61. The first-order chi connectivity index (χ1) is 12.0. The van der Waals surface area contributed by atoms with Crippen LogP contribution in [-0.2, 0) is 22.7 Å². The van der Waals surface area contributed by atoms with Crippen LogP contribution in [0.1, 0.15) is 28.9 Å². The maximum absolute atomic E-state index is 12.1. The molecule has 1 fully saturated rings. The second-order valence-corrected chi connectivity index (χ2v) is 5.82. The van der Waals surface area contributed by atoms with E-state index >= 15 is 0 Å². The minimum absolute atomic E-state index is 0.0154. The number of carboxylic acids is 1. The van der Waals surface area contributed by atoms with Gasteiger partial charge in [0.2, 0.25) is 5.91 Å². The van der Waals surface area contributed by atoms with Crippen LogP contribution in [0.4, 0.5) is 5.69 Å². The van der Waals surface area contributed by atoms with Gasteiger partial charge < -0.3 is 15.7 Å². The average Bonchev–Trinajstić information content (AvgIpc) is 3.34. The van der Waals surface area contributed by atoms with E-state index in [1.165, 1.54) is 10.9 Å². The van der Waals surface area contributed by atoms with Gasteiger partial charge in [-0.15, -0.1) is 5.10 Å². The highest BCUT2D eigenvalue weighted by molar-refractivity contribution is 5.96. The molecule has 0 atom stereocenters. The standard InChI is InChI=1S/C16H17N5O4/c22-14(23)9-21-8-13(19-20-21)7-17-15(24)10-3-5-12(6-4-10)18-16(25)11-1-2-11/h3-6,8,11H,1-2,7,9H2,(H,17,24)(H,18,25)(H,22,23). The molecule has 1 saturated carbocycles. The molecule has 0 unspecified atom stereocenters. The summed E-state index contributed by atoms with van der Waals surface area (Å²) in [5, 5.41) is 21.6. The largest absolute Gasteiger partial charge is 0.480 e. The van der Waals surface area contributed by atoms with E-state index < -0.39 is 5.97 Å². The van der Waals surface area contributed by atoms with E-state index in [1.807, 2.05) is 0 Å². The lowest BCUT2D eigenvalue weighted by molar-refractivity contribution is -0.137. The summed E-state index contributed by atoms with van der Waals surface area (Å²) >= 11 is 0. The van der Waals surface area contributed by atoms with Gasteiger partial charge in [0.05, 0.1) is 12.7 Å². The summed E-state index contributed by atoms with van der Waals surface area (Å²) in [6.45, 7) is -0.145. The van der Waals surface area contributed by atoms with E-state index in [-0.39, 0.29) is 30.8 Å². The Bertz CT molecular complexity index is 795. The topological polar surface area (TPSA) is 126 Å². The van der Waals surface area contributed by atoms with Crippen molar-refractivity contribution in [2.75, 3.05) is 5.32 Å². The predicted molar refractivity (Wildman–Crippen MR) is 86.6 cm³/mol. The van der Waals surface area contributed by atoms with Gasteiger partial charge in [0.25, 0.3) is 5.91 Å². The molecule has 0 spiro atoms. The number of amides is 2. The van der Waals surface area contributed by atoms with Gasteiger partial charge in [-0.25, -0.2) is 4.68 Å². The molecule has 2 aromatic rings. The molecule has 9 nitrogen and oxygen atoms in total. The molecule has 130 valence electrons. The van der Waals surface area contributed by atoms with Crippen LogP contribution < -0.4 is 10.6 Å². The van der Waals surface area contributed by atoms with Crippen LogP contribution in [0.3, 0.4) is 0 Å². The van der Waals surface area contributed by atoms with Crippen molar-refractivity contribution in [3.05, 3.63) is 41.7 Å². The summed E-state index contributed by atoms with van der Waals surface area (Å²) in [5.41, 5.74) is 1.57. The molecule has 3 N–H and O–H groups in total. The molecule has 1 heterocycles. The number of nitrogens with zero attached hydrogens (tertiary/aromatic N) is 3. The van der Waals surface area contributed by atoms with Crippen LogP contribution in [0.15, 0.2) is 30.5 Å². The lowest BCUT2D eigenvalue weighted by atomic mass is 10.2. The summed E-state index contributed by atoms with van der Waals surface area (Å²) < 4.78 is 1.18. The van der Waals surface area contributed by atoms with Crippen LogP contribution in [0.25, 0.3) is 0 Å². The molecule has 1 aromatic carbocycles. The molecule has 1 aliphatic rings. The number of nitrogens with one attached hydrogen (secondary N) is 2. The lowest BCUT2D eigenvalue weighted by Gasteiger charge is -2.06. The van der Waals surface area contributed by atoms with Gasteiger partial charge in [-0.05, 0) is 37.1 Å². The molecule has 0 saturated heterocycles. The second-order valence-electron chi connectivity index (χ2n) is 5.82. The van der Waals surface area contributed by atoms with Crippen molar-refractivity contribution < 1.29 is 19.5 Å². The Labute approximate surface area is 143 Å². The molecular weight excluding hydrogens is 326 g/mol. The molecule has 2 amide bonds. The van der Waals surface area contributed by atoms with Crippen molar-refractivity contribution in [3.63, 3.8) is 0 Å². The van der Waals surface area contributed by atoms with Crippen LogP contribution in [0, 0.1) is 5.92 Å². The quantitative estimate of drug-likeness (QED) is 0.677. The number of hydrogen-bond donors (Lipinski definition) is 3. The van der Waals surface area contributed by atoms with Crippen LogP contribution >= 0.6 is 0 Å². The molecule has 9 heteroatoms. The third-order valence-corrected chi connectivity index (χ3v) is 3.68. The smallest absolute Gasteiger partial charge is 0.325 e. The third kappa shape index (κ3) is 4.63. The van der Waals surface area contributed by atoms with Crippen LogP contribution in [0.5, 0.6) is 0 Å². The summed E-state index contributed by atoms with van der Waals surface area (Å²) in [7, 11) is 0. The van der Waals surface area contributed by atoms with Crippen molar-refractivity contribution in [1.29, 1.82) is 0 Å². The number of benzene rings is 1. The Morgan fingerprint density at radius 3 is 2.56 bits per heavy atom. The van der Waals surface area contributed by atoms with Crippen LogP contribution in [-0.4, -0.2) is 37.9 Å². The summed E-state index contributed by atoms with van der Waals surface area (Å²) in [4.78, 5) is 34.4. The molecule has 0 bridgehead atoms. The Kier molecular flexibility index (Phi) is 4.73. The lowest BCUT2D eigenvalue weighted by Crippen LogP contribution is -2.23. The van der Waals surface area contributed by atoms with E-state index in [9.17, 15) is 14.4 Å². The Morgan fingerprint density at radius 2 is 1.92 bits per heavy atom. The fourth-order valence-corrected chi connectivity index (χ4v) is 2.20. The number of carbonyl (C=O) groups is 3. The molecule has 3 rings (SSSR count). The van der Waals surface area contributed by atoms with Gasteiger partial charge in [-0.1, -0.05) is 5.21 Å². The average molecular weight is 343 g/mol. The normalized spacial score (nSPS) is 13.3. The van der Waals surface area contributed by atoms with Crippen molar-refractivity contribution in [3.8, 4) is 0 Å². The van der Waals surface area contributed by atoms with E-state index in [0.29, 0.717) is 16.9 Å². The van der Waals surface area contributed by atoms with Gasteiger partial charge in [0, 0.05) is 17.2 Å². The fourth-order valence-electron chi connectivity index (χ4n) is 2.20. The fraction of sp³-hybridized carbons (Fsp3) is 0.312. The van der Waals surface area contributed by atoms with Crippen molar-refractivity contribution >= 4 is 23.5 Å². The molecule has 1 aliphatic carbocycles. The van der Waals surface area contributed by atoms with Crippen molar-refractivity contribution in [2.24, 2.45) is 5.92 Å². The Hall–Kier alpha value is -3.23. The maximum atomic E-state index is 12.1. The summed E-state index contributed by atoms with van der Waals surface area (Å²) in [5.74, 6) is -1.18. The molecule has 1 aromatic heterocycles. The minimum Gasteiger partial charge on any atom is -0.480 e. The van der Waals surface area contributed by atoms with Crippen molar-refractivity contribution in [1.82, 2.24) is 20.3 Å². The van der Waals surface area contributed by atoms with Gasteiger partial charge in [0.1, 0.15) is 12.2 Å². The van der Waals surface area contributed by atoms with Gasteiger partial charge >= 0.3 is 5.97 Å². The zero-order chi connectivity index (χ0) is 17.8. The molecular formula is C16H17N5O4. The monoisotopic (exact) mass is 343 g/mol. The highest BCUT2D eigenvalue weighted by atomic mass is 16.4. The zero-order valence-electron chi connectivity index (χ0n) is 13.3. The van der Waals surface area contributed by atoms with E-state index in [4.69, 9.17) is 5.11 Å². The first-order valence-corrected chi connectivity index (χ1v) is 7.81. The number of hydrogen-bond acceptors (Lipinski definition) is 5. The number of aromatic nitrogens is 3. The zero-order valence-corrected chi connectivity index (χ0v) is 13.3. The number of aliphatic carboxylic acids is 1. The highest BCUT2D eigenvalue weighted by Crippen LogP contribution is 2.30. The van der Waals surface area contributed by atoms with Gasteiger partial charge in [0.15, 0.2) is 0 Å². The van der Waals surface area contributed by atoms with Gasteiger partial charge in [-0.3, -0.25) is 14.4 Å². The molecule has 0 radical (unpaired) electrons. The Balaban J connectivity index is 1.51. The molecule has 0 aliphatic heterocycles.